The summed E-state index contributed by atoms with van der Waals surface area (Å²) in [5.41, 5.74) is 1.36. The van der Waals surface area contributed by atoms with Crippen molar-refractivity contribution in [3.8, 4) is 5.88 Å². The van der Waals surface area contributed by atoms with Crippen molar-refractivity contribution < 1.29 is 9.84 Å². The van der Waals surface area contributed by atoms with E-state index in [1.54, 1.807) is 0 Å². The van der Waals surface area contributed by atoms with Crippen molar-refractivity contribution in [2.24, 2.45) is 14.1 Å². The van der Waals surface area contributed by atoms with Crippen molar-refractivity contribution in [3.63, 3.8) is 0 Å². The van der Waals surface area contributed by atoms with Crippen LogP contribution in [0, 0.1) is 0 Å². The van der Waals surface area contributed by atoms with Crippen molar-refractivity contribution >= 4 is 6.08 Å². The Labute approximate surface area is 91.3 Å². The topological polar surface area (TPSA) is 73.5 Å². The summed E-state index contributed by atoms with van der Waals surface area (Å²) >= 11 is 0. The van der Waals surface area contributed by atoms with Crippen molar-refractivity contribution in [2.75, 3.05) is 7.11 Å². The van der Waals surface area contributed by atoms with Crippen LogP contribution in [0.5, 0.6) is 5.88 Å². The summed E-state index contributed by atoms with van der Waals surface area (Å²) in [6.45, 7) is 0. The summed E-state index contributed by atoms with van der Waals surface area (Å²) in [5, 5.41) is 9.61. The van der Waals surface area contributed by atoms with E-state index in [2.05, 4.69) is 10.5 Å². The Morgan fingerprint density at radius 2 is 1.94 bits per heavy atom. The minimum absolute atomic E-state index is 0.0158. The van der Waals surface area contributed by atoms with Gasteiger partial charge in [-0.25, -0.2) is 4.79 Å². The molecule has 16 heavy (non-hydrogen) atoms. The Morgan fingerprint density at radius 1 is 1.31 bits per heavy atom. The fourth-order valence-corrected chi connectivity index (χ4v) is 1.17. The Morgan fingerprint density at radius 3 is 2.50 bits per heavy atom. The van der Waals surface area contributed by atoms with Gasteiger partial charge in [-0.15, -0.1) is 0 Å². The van der Waals surface area contributed by atoms with Gasteiger partial charge in [0.2, 0.25) is 5.88 Å². The summed E-state index contributed by atoms with van der Waals surface area (Å²) < 4.78 is 6.48. The predicted octanol–water partition coefficient (Wildman–Crippen LogP) is -0.438. The Balaban J connectivity index is 3.59. The van der Waals surface area contributed by atoms with Gasteiger partial charge >= 0.3 is 5.69 Å². The summed E-state index contributed by atoms with van der Waals surface area (Å²) in [6, 6.07) is 0. The molecule has 0 saturated carbocycles. The van der Waals surface area contributed by atoms with E-state index < -0.39 is 17.1 Å². The van der Waals surface area contributed by atoms with Gasteiger partial charge in [0.1, 0.15) is 11.8 Å². The second-order valence-electron chi connectivity index (χ2n) is 3.11. The highest BCUT2D eigenvalue weighted by Gasteiger charge is 2.11. The van der Waals surface area contributed by atoms with Crippen molar-refractivity contribution in [1.29, 1.82) is 0 Å². The molecular formula is C10H12N2O4. The number of rotatable bonds is 2. The quantitative estimate of drug-likeness (QED) is 0.546. The largest absolute Gasteiger partial charge is 0.496 e. The molecule has 0 saturated heterocycles. The SMILES string of the molecule is COC=C=Cc1c(O)n(C)c(=O)n(C)c1=O. The van der Waals surface area contributed by atoms with Gasteiger partial charge in [-0.2, -0.15) is 0 Å². The van der Waals surface area contributed by atoms with Crippen molar-refractivity contribution in [3.05, 3.63) is 38.4 Å². The Kier molecular flexibility index (Phi) is 3.37. The fraction of sp³-hybridized carbons (Fsp3) is 0.300. The summed E-state index contributed by atoms with van der Waals surface area (Å²) in [5.74, 6) is -0.398. The molecule has 0 radical (unpaired) electrons. The third-order valence-electron chi connectivity index (χ3n) is 2.08. The lowest BCUT2D eigenvalue weighted by atomic mass is 10.3. The monoisotopic (exact) mass is 224 g/mol. The molecule has 0 atom stereocenters. The molecular weight excluding hydrogens is 212 g/mol. The van der Waals surface area contributed by atoms with Crippen molar-refractivity contribution in [1.82, 2.24) is 9.13 Å². The van der Waals surface area contributed by atoms with Crippen LogP contribution in [0.1, 0.15) is 5.56 Å². The van der Waals surface area contributed by atoms with E-state index in [-0.39, 0.29) is 5.56 Å². The first-order valence-corrected chi connectivity index (χ1v) is 4.43. The molecule has 0 aromatic carbocycles. The summed E-state index contributed by atoms with van der Waals surface area (Å²) in [7, 11) is 4.13. The zero-order chi connectivity index (χ0) is 12.3. The number of aromatic hydroxyl groups is 1. The third kappa shape index (κ3) is 1.92. The number of aromatic nitrogens is 2. The maximum atomic E-state index is 11.6. The second-order valence-corrected chi connectivity index (χ2v) is 3.11. The van der Waals surface area contributed by atoms with Crippen LogP contribution in [0.4, 0.5) is 0 Å². The number of methoxy groups -OCH3 is 1. The fourth-order valence-electron chi connectivity index (χ4n) is 1.17. The van der Waals surface area contributed by atoms with E-state index in [1.807, 2.05) is 0 Å². The van der Waals surface area contributed by atoms with Gasteiger partial charge in [0.15, 0.2) is 0 Å². The molecule has 6 heteroatoms. The van der Waals surface area contributed by atoms with Crippen LogP contribution in [0.25, 0.3) is 6.08 Å². The van der Waals surface area contributed by atoms with E-state index in [4.69, 9.17) is 0 Å². The molecule has 0 spiro atoms. The number of ether oxygens (including phenoxy) is 1. The lowest BCUT2D eigenvalue weighted by Crippen LogP contribution is -2.37. The highest BCUT2D eigenvalue weighted by atomic mass is 16.5. The second kappa shape index (κ2) is 4.55. The van der Waals surface area contributed by atoms with E-state index >= 15 is 0 Å². The average Bonchev–Trinajstić information content (AvgIpc) is 2.28. The molecule has 1 aromatic heterocycles. The molecule has 0 aliphatic rings. The highest BCUT2D eigenvalue weighted by Crippen LogP contribution is 2.09. The standard InChI is InChI=1S/C10H12N2O4/c1-11-8(13)7(5-4-6-16-3)9(14)12(2)10(11)15/h5-6,13H,1-3H3. The van der Waals surface area contributed by atoms with E-state index in [0.29, 0.717) is 0 Å². The van der Waals surface area contributed by atoms with Crippen LogP contribution in [0.3, 0.4) is 0 Å². The first kappa shape index (κ1) is 11.9. The highest BCUT2D eigenvalue weighted by molar-refractivity contribution is 5.52. The van der Waals surface area contributed by atoms with Crippen molar-refractivity contribution in [2.45, 2.75) is 0 Å². The summed E-state index contributed by atoms with van der Waals surface area (Å²) in [4.78, 5) is 23.0. The molecule has 0 amide bonds. The minimum atomic E-state index is -0.588. The summed E-state index contributed by atoms with van der Waals surface area (Å²) in [6.07, 6.45) is 2.48. The molecule has 6 nitrogen and oxygen atoms in total. The van der Waals surface area contributed by atoms with E-state index in [1.165, 1.54) is 33.5 Å². The molecule has 0 bridgehead atoms. The van der Waals surface area contributed by atoms with Crippen LogP contribution in [0.15, 0.2) is 21.6 Å². The van der Waals surface area contributed by atoms with Gasteiger partial charge in [0.25, 0.3) is 5.56 Å². The van der Waals surface area contributed by atoms with E-state index in [9.17, 15) is 14.7 Å². The van der Waals surface area contributed by atoms with Crippen LogP contribution in [0.2, 0.25) is 0 Å². The Hall–Kier alpha value is -2.20. The average molecular weight is 224 g/mol. The Bertz CT molecular complexity index is 574. The van der Waals surface area contributed by atoms with Gasteiger partial charge < -0.3 is 9.84 Å². The molecule has 1 rings (SSSR count). The molecule has 0 fully saturated rings. The third-order valence-corrected chi connectivity index (χ3v) is 2.08. The van der Waals surface area contributed by atoms with Gasteiger partial charge in [-0.1, -0.05) is 5.73 Å². The first-order chi connectivity index (χ1) is 7.50. The lowest BCUT2D eigenvalue weighted by molar-refractivity contribution is 0.339. The molecule has 0 aliphatic carbocycles. The molecule has 1 aromatic rings. The van der Waals surface area contributed by atoms with E-state index in [0.717, 1.165) is 9.13 Å². The molecule has 1 N–H and O–H groups in total. The number of nitrogens with zero attached hydrogens (tertiary/aromatic N) is 2. The molecule has 0 aliphatic heterocycles. The smallest absolute Gasteiger partial charge is 0.333 e. The zero-order valence-electron chi connectivity index (χ0n) is 9.22. The van der Waals surface area contributed by atoms with Crippen LogP contribution >= 0.6 is 0 Å². The molecule has 0 unspecified atom stereocenters. The first-order valence-electron chi connectivity index (χ1n) is 4.43. The molecule has 86 valence electrons. The van der Waals surface area contributed by atoms with Crippen LogP contribution in [-0.2, 0) is 18.8 Å². The van der Waals surface area contributed by atoms with Gasteiger partial charge in [-0.05, 0) is 0 Å². The maximum Gasteiger partial charge on any atom is 0.333 e. The maximum absolute atomic E-state index is 11.6. The van der Waals surface area contributed by atoms with Gasteiger partial charge in [-0.3, -0.25) is 13.9 Å². The zero-order valence-corrected chi connectivity index (χ0v) is 9.22. The normalized spacial score (nSPS) is 9.44. The number of hydrogen-bond acceptors (Lipinski definition) is 4. The van der Waals surface area contributed by atoms with Gasteiger partial charge in [0, 0.05) is 20.2 Å². The van der Waals surface area contributed by atoms with Crippen LogP contribution in [-0.4, -0.2) is 21.4 Å². The lowest BCUT2D eigenvalue weighted by Gasteiger charge is -2.06. The molecule has 1 heterocycles. The number of hydrogen-bond donors (Lipinski definition) is 1. The van der Waals surface area contributed by atoms with Crippen LogP contribution < -0.4 is 11.2 Å². The minimum Gasteiger partial charge on any atom is -0.496 e. The predicted molar refractivity (Wildman–Crippen MR) is 58.1 cm³/mol. The van der Waals surface area contributed by atoms with Gasteiger partial charge in [0.05, 0.1) is 7.11 Å².